The van der Waals surface area contributed by atoms with Crippen molar-refractivity contribution in [2.45, 2.75) is 13.5 Å². The largest absolute Gasteiger partial charge is 0.490 e. The Morgan fingerprint density at radius 1 is 1.14 bits per heavy atom. The van der Waals surface area contributed by atoms with E-state index in [-0.39, 0.29) is 0 Å². The van der Waals surface area contributed by atoms with Crippen LogP contribution in [0.1, 0.15) is 11.3 Å². The predicted octanol–water partition coefficient (Wildman–Crippen LogP) is 2.56. The van der Waals surface area contributed by atoms with Gasteiger partial charge in [0.1, 0.15) is 19.0 Å². The fraction of sp³-hybridized carbons (Fsp3) is 0.235. The number of rotatable bonds is 6. The predicted molar refractivity (Wildman–Crippen MR) is 85.3 cm³/mol. The van der Waals surface area contributed by atoms with E-state index in [2.05, 4.69) is 4.98 Å². The monoisotopic (exact) mass is 297 g/mol. The summed E-state index contributed by atoms with van der Waals surface area (Å²) in [7, 11) is 0. The van der Waals surface area contributed by atoms with Crippen LogP contribution in [0.5, 0.6) is 11.5 Å². The average Bonchev–Trinajstić information content (AvgIpc) is 2.95. The fourth-order valence-corrected chi connectivity index (χ4v) is 2.32. The Labute approximate surface area is 129 Å². The molecule has 0 aliphatic heterocycles. The fourth-order valence-electron chi connectivity index (χ4n) is 2.32. The van der Waals surface area contributed by atoms with Crippen LogP contribution in [0.4, 0.5) is 0 Å². The maximum atomic E-state index is 5.78. The lowest BCUT2D eigenvalue weighted by Gasteiger charge is -2.09. The first-order chi connectivity index (χ1) is 10.8. The Morgan fingerprint density at radius 3 is 2.82 bits per heavy atom. The second-order valence-corrected chi connectivity index (χ2v) is 5.03. The Kier molecular flexibility index (Phi) is 4.25. The van der Waals surface area contributed by atoms with Crippen molar-refractivity contribution in [3.8, 4) is 11.5 Å². The summed E-state index contributed by atoms with van der Waals surface area (Å²) in [6, 6.07) is 11.8. The number of aromatic nitrogens is 2. The van der Waals surface area contributed by atoms with Crippen LogP contribution in [-0.4, -0.2) is 22.6 Å². The third kappa shape index (κ3) is 3.04. The highest BCUT2D eigenvalue weighted by atomic mass is 16.5. The van der Waals surface area contributed by atoms with E-state index >= 15 is 0 Å². The highest BCUT2D eigenvalue weighted by Gasteiger charge is 2.07. The van der Waals surface area contributed by atoms with Crippen molar-refractivity contribution in [3.63, 3.8) is 0 Å². The van der Waals surface area contributed by atoms with Gasteiger partial charge in [0.25, 0.3) is 0 Å². The summed E-state index contributed by atoms with van der Waals surface area (Å²) in [6.45, 7) is 3.42. The number of imidazole rings is 1. The molecule has 0 amide bonds. The molecule has 0 aliphatic rings. The Hall–Kier alpha value is -2.53. The van der Waals surface area contributed by atoms with Gasteiger partial charge in [0.2, 0.25) is 0 Å². The van der Waals surface area contributed by atoms with Crippen molar-refractivity contribution in [1.82, 2.24) is 9.38 Å². The zero-order valence-electron chi connectivity index (χ0n) is 12.5. The van der Waals surface area contributed by atoms with Gasteiger partial charge in [-0.3, -0.25) is 4.40 Å². The van der Waals surface area contributed by atoms with Gasteiger partial charge < -0.3 is 15.2 Å². The Bertz CT molecular complexity index is 767. The Balaban J connectivity index is 1.61. The van der Waals surface area contributed by atoms with E-state index in [1.807, 2.05) is 53.9 Å². The normalized spacial score (nSPS) is 10.8. The van der Waals surface area contributed by atoms with E-state index in [0.29, 0.717) is 19.8 Å². The van der Waals surface area contributed by atoms with Crippen molar-refractivity contribution in [2.24, 2.45) is 5.73 Å². The molecular weight excluding hydrogens is 278 g/mol. The van der Waals surface area contributed by atoms with Crippen LogP contribution < -0.4 is 15.2 Å². The molecular formula is C17H19N3O2. The topological polar surface area (TPSA) is 61.8 Å². The summed E-state index contributed by atoms with van der Waals surface area (Å²) in [5.41, 5.74) is 8.59. The van der Waals surface area contributed by atoms with Crippen molar-refractivity contribution < 1.29 is 9.47 Å². The van der Waals surface area contributed by atoms with E-state index in [9.17, 15) is 0 Å². The van der Waals surface area contributed by atoms with E-state index in [0.717, 1.165) is 22.8 Å². The number of aryl methyl sites for hydroxylation is 1. The molecule has 0 atom stereocenters. The van der Waals surface area contributed by atoms with Crippen LogP contribution >= 0.6 is 0 Å². The molecule has 114 valence electrons. The minimum Gasteiger partial charge on any atom is -0.490 e. The SMILES string of the molecule is Cc1cccc(OCCOc2cccn3c(CN)cnc23)c1. The van der Waals surface area contributed by atoms with Gasteiger partial charge in [0, 0.05) is 12.7 Å². The smallest absolute Gasteiger partial charge is 0.179 e. The Morgan fingerprint density at radius 2 is 2.00 bits per heavy atom. The van der Waals surface area contributed by atoms with Crippen LogP contribution in [-0.2, 0) is 6.54 Å². The first kappa shape index (κ1) is 14.4. The lowest BCUT2D eigenvalue weighted by molar-refractivity contribution is 0.218. The average molecular weight is 297 g/mol. The number of hydrogen-bond acceptors (Lipinski definition) is 4. The van der Waals surface area contributed by atoms with E-state index in [1.165, 1.54) is 5.56 Å². The standard InChI is InChI=1S/C17H19N3O2/c1-13-4-2-5-15(10-13)21-8-9-22-16-6-3-7-20-14(11-18)12-19-17(16)20/h2-7,10,12H,8-9,11,18H2,1H3. The second kappa shape index (κ2) is 6.49. The molecule has 2 N–H and O–H groups in total. The molecule has 22 heavy (non-hydrogen) atoms. The molecule has 2 aromatic heterocycles. The number of ether oxygens (including phenoxy) is 2. The molecule has 0 spiro atoms. The number of nitrogens with two attached hydrogens (primary N) is 1. The van der Waals surface area contributed by atoms with Gasteiger partial charge in [-0.25, -0.2) is 4.98 Å². The van der Waals surface area contributed by atoms with E-state index in [1.54, 1.807) is 6.20 Å². The summed E-state index contributed by atoms with van der Waals surface area (Å²) in [4.78, 5) is 4.36. The summed E-state index contributed by atoms with van der Waals surface area (Å²) < 4.78 is 13.4. The molecule has 0 bridgehead atoms. The number of pyridine rings is 1. The number of benzene rings is 1. The van der Waals surface area contributed by atoms with Gasteiger partial charge in [-0.1, -0.05) is 12.1 Å². The number of nitrogens with zero attached hydrogens (tertiary/aromatic N) is 2. The highest BCUT2D eigenvalue weighted by molar-refractivity contribution is 5.54. The van der Waals surface area contributed by atoms with Gasteiger partial charge in [-0.15, -0.1) is 0 Å². The molecule has 2 heterocycles. The van der Waals surface area contributed by atoms with Crippen molar-refractivity contribution >= 4 is 5.65 Å². The number of hydrogen-bond donors (Lipinski definition) is 1. The van der Waals surface area contributed by atoms with Gasteiger partial charge in [-0.2, -0.15) is 0 Å². The molecule has 0 fully saturated rings. The first-order valence-corrected chi connectivity index (χ1v) is 7.25. The molecule has 5 nitrogen and oxygen atoms in total. The molecule has 3 rings (SSSR count). The van der Waals surface area contributed by atoms with E-state index < -0.39 is 0 Å². The van der Waals surface area contributed by atoms with Crippen LogP contribution in [0.2, 0.25) is 0 Å². The van der Waals surface area contributed by atoms with Gasteiger partial charge in [0.05, 0.1) is 11.9 Å². The van der Waals surface area contributed by atoms with Crippen molar-refractivity contribution in [1.29, 1.82) is 0 Å². The summed E-state index contributed by atoms with van der Waals surface area (Å²) in [5.74, 6) is 1.59. The number of fused-ring (bicyclic) bond motifs is 1. The van der Waals surface area contributed by atoms with Crippen LogP contribution in [0.25, 0.3) is 5.65 Å². The van der Waals surface area contributed by atoms with Crippen molar-refractivity contribution in [3.05, 3.63) is 60.0 Å². The van der Waals surface area contributed by atoms with Crippen LogP contribution in [0, 0.1) is 6.92 Å². The molecule has 0 aliphatic carbocycles. The van der Waals surface area contributed by atoms with Crippen LogP contribution in [0.15, 0.2) is 48.8 Å². The molecule has 0 saturated carbocycles. The van der Waals surface area contributed by atoms with E-state index in [4.69, 9.17) is 15.2 Å². The summed E-state index contributed by atoms with van der Waals surface area (Å²) in [5, 5.41) is 0. The zero-order valence-corrected chi connectivity index (χ0v) is 12.5. The maximum absolute atomic E-state index is 5.78. The van der Waals surface area contributed by atoms with Gasteiger partial charge >= 0.3 is 0 Å². The van der Waals surface area contributed by atoms with Gasteiger partial charge in [-0.05, 0) is 36.8 Å². The molecule has 5 heteroatoms. The molecule has 3 aromatic rings. The quantitative estimate of drug-likeness (QED) is 0.710. The summed E-state index contributed by atoms with van der Waals surface area (Å²) >= 11 is 0. The molecule has 0 saturated heterocycles. The minimum atomic E-state index is 0.446. The lowest BCUT2D eigenvalue weighted by atomic mass is 10.2. The molecule has 0 radical (unpaired) electrons. The van der Waals surface area contributed by atoms with Crippen LogP contribution in [0.3, 0.4) is 0 Å². The highest BCUT2D eigenvalue weighted by Crippen LogP contribution is 2.19. The third-order valence-corrected chi connectivity index (χ3v) is 3.38. The summed E-state index contributed by atoms with van der Waals surface area (Å²) in [6.07, 6.45) is 3.70. The molecule has 1 aromatic carbocycles. The molecule has 0 unspecified atom stereocenters. The minimum absolute atomic E-state index is 0.446. The third-order valence-electron chi connectivity index (χ3n) is 3.38. The second-order valence-electron chi connectivity index (χ2n) is 5.03. The first-order valence-electron chi connectivity index (χ1n) is 7.25. The zero-order chi connectivity index (χ0) is 15.4. The maximum Gasteiger partial charge on any atom is 0.179 e. The van der Waals surface area contributed by atoms with Gasteiger partial charge in [0.15, 0.2) is 11.4 Å². The lowest BCUT2D eigenvalue weighted by Crippen LogP contribution is -2.10. The van der Waals surface area contributed by atoms with Crippen molar-refractivity contribution in [2.75, 3.05) is 13.2 Å².